The summed E-state index contributed by atoms with van der Waals surface area (Å²) in [5.74, 6) is 0.698. The Morgan fingerprint density at radius 2 is 1.86 bits per heavy atom. The maximum Gasteiger partial charge on any atom is 0.338 e. The van der Waals surface area contributed by atoms with Crippen LogP contribution in [0.1, 0.15) is 86.6 Å². The van der Waals surface area contributed by atoms with Gasteiger partial charge >= 0.3 is 5.97 Å². The van der Waals surface area contributed by atoms with Crippen LogP contribution in [0, 0.1) is 5.92 Å². The highest BCUT2D eigenvalue weighted by Crippen LogP contribution is 2.30. The zero-order chi connectivity index (χ0) is 21.1. The van der Waals surface area contributed by atoms with Crippen LogP contribution < -0.4 is 0 Å². The van der Waals surface area contributed by atoms with Gasteiger partial charge in [-0.25, -0.2) is 4.79 Å². The summed E-state index contributed by atoms with van der Waals surface area (Å²) in [4.78, 5) is 12.5. The second-order valence-corrected chi connectivity index (χ2v) is 8.43. The third-order valence-electron chi connectivity index (χ3n) is 6.03. The molecule has 0 aromatic heterocycles. The lowest BCUT2D eigenvalue weighted by molar-refractivity contribution is 0.0161. The van der Waals surface area contributed by atoms with E-state index in [4.69, 9.17) is 9.47 Å². The summed E-state index contributed by atoms with van der Waals surface area (Å²) in [6.45, 7) is 6.64. The fraction of sp³-hybridized carbons (Fsp3) is 0.640. The Balaban J connectivity index is 1.84. The van der Waals surface area contributed by atoms with Crippen LogP contribution in [0.5, 0.6) is 0 Å². The fourth-order valence-electron chi connectivity index (χ4n) is 4.22. The third-order valence-corrected chi connectivity index (χ3v) is 6.03. The number of benzene rings is 1. The summed E-state index contributed by atoms with van der Waals surface area (Å²) in [5.41, 5.74) is 2.45. The van der Waals surface area contributed by atoms with Crippen LogP contribution in [0.25, 0.3) is 0 Å². The molecule has 0 spiro atoms. The standard InChI is InChI=1S/C25H38O4/c1-4-5-6-7-20-8-14-24(15-9-20)29-25(27)22-12-10-21(11-13-22)23(18-28-3)16-19(2)17-26/h10-13,20,23-24,26H,2,4-9,14-18H2,1,3H3. The van der Waals surface area contributed by atoms with Crippen molar-refractivity contribution in [2.75, 3.05) is 20.3 Å². The van der Waals surface area contributed by atoms with Gasteiger partial charge in [0.05, 0.1) is 18.8 Å². The Kier molecular flexibility index (Phi) is 10.4. The highest BCUT2D eigenvalue weighted by molar-refractivity contribution is 5.89. The molecule has 1 atom stereocenters. The van der Waals surface area contributed by atoms with E-state index in [0.29, 0.717) is 18.6 Å². The van der Waals surface area contributed by atoms with Gasteiger partial charge in [-0.2, -0.15) is 0 Å². The topological polar surface area (TPSA) is 55.8 Å². The maximum absolute atomic E-state index is 12.5. The monoisotopic (exact) mass is 402 g/mol. The first-order valence-electron chi connectivity index (χ1n) is 11.1. The van der Waals surface area contributed by atoms with Gasteiger partial charge in [0.15, 0.2) is 0 Å². The van der Waals surface area contributed by atoms with Crippen LogP contribution in [0.15, 0.2) is 36.4 Å². The molecule has 0 saturated heterocycles. The summed E-state index contributed by atoms with van der Waals surface area (Å²) in [7, 11) is 1.67. The number of unbranched alkanes of at least 4 members (excludes halogenated alkanes) is 2. The van der Waals surface area contributed by atoms with Crippen molar-refractivity contribution >= 4 is 5.97 Å². The first kappa shape index (κ1) is 23.6. The third kappa shape index (κ3) is 7.94. The van der Waals surface area contributed by atoms with Crippen molar-refractivity contribution < 1.29 is 19.4 Å². The van der Waals surface area contributed by atoms with Crippen molar-refractivity contribution in [1.82, 2.24) is 0 Å². The predicted molar refractivity (Wildman–Crippen MR) is 117 cm³/mol. The number of esters is 1. The molecular weight excluding hydrogens is 364 g/mol. The van der Waals surface area contributed by atoms with Crippen molar-refractivity contribution in [2.45, 2.75) is 76.7 Å². The molecule has 1 N–H and O–H groups in total. The first-order chi connectivity index (χ1) is 14.1. The number of hydrogen-bond acceptors (Lipinski definition) is 4. The van der Waals surface area contributed by atoms with E-state index >= 15 is 0 Å². The van der Waals surface area contributed by atoms with E-state index in [1.54, 1.807) is 7.11 Å². The number of aliphatic hydroxyl groups excluding tert-OH is 1. The number of rotatable bonds is 12. The van der Waals surface area contributed by atoms with Gasteiger partial charge in [0.2, 0.25) is 0 Å². The van der Waals surface area contributed by atoms with Crippen LogP contribution >= 0.6 is 0 Å². The van der Waals surface area contributed by atoms with Gasteiger partial charge in [0.1, 0.15) is 6.10 Å². The lowest BCUT2D eigenvalue weighted by atomic mass is 9.84. The van der Waals surface area contributed by atoms with Crippen molar-refractivity contribution in [2.24, 2.45) is 5.92 Å². The van der Waals surface area contributed by atoms with Crippen molar-refractivity contribution in [3.63, 3.8) is 0 Å². The normalized spacial score (nSPS) is 20.2. The summed E-state index contributed by atoms with van der Waals surface area (Å²) in [5, 5.41) is 9.24. The zero-order valence-electron chi connectivity index (χ0n) is 18.2. The van der Waals surface area contributed by atoms with Crippen LogP contribution in [-0.2, 0) is 9.47 Å². The predicted octanol–water partition coefficient (Wildman–Crippen LogP) is 5.65. The lowest BCUT2D eigenvalue weighted by Gasteiger charge is -2.28. The van der Waals surface area contributed by atoms with E-state index in [9.17, 15) is 9.90 Å². The number of ether oxygens (including phenoxy) is 2. The molecule has 0 radical (unpaired) electrons. The second kappa shape index (κ2) is 12.8. The summed E-state index contributed by atoms with van der Waals surface area (Å²) >= 11 is 0. The minimum atomic E-state index is -0.228. The molecule has 162 valence electrons. The number of carbonyl (C=O) groups excluding carboxylic acids is 1. The maximum atomic E-state index is 12.5. The molecule has 0 heterocycles. The second-order valence-electron chi connectivity index (χ2n) is 8.43. The average Bonchev–Trinajstić information content (AvgIpc) is 2.75. The van der Waals surface area contributed by atoms with Gasteiger partial charge in [-0.3, -0.25) is 0 Å². The van der Waals surface area contributed by atoms with E-state index < -0.39 is 0 Å². The molecular formula is C25H38O4. The quantitative estimate of drug-likeness (QED) is 0.279. The van der Waals surface area contributed by atoms with Crippen molar-refractivity contribution in [1.29, 1.82) is 0 Å². The Morgan fingerprint density at radius 3 is 2.45 bits per heavy atom. The molecule has 1 aliphatic rings. The number of methoxy groups -OCH3 is 1. The molecule has 0 amide bonds. The van der Waals surface area contributed by atoms with Crippen LogP contribution in [-0.4, -0.2) is 37.5 Å². The molecule has 1 fully saturated rings. The van der Waals surface area contributed by atoms with Gasteiger partial charge in [-0.15, -0.1) is 0 Å². The largest absolute Gasteiger partial charge is 0.459 e. The van der Waals surface area contributed by atoms with Crippen LogP contribution in [0.3, 0.4) is 0 Å². The van der Waals surface area contributed by atoms with Crippen LogP contribution in [0.4, 0.5) is 0 Å². The van der Waals surface area contributed by atoms with Crippen molar-refractivity contribution in [3.8, 4) is 0 Å². The Morgan fingerprint density at radius 1 is 1.17 bits per heavy atom. The number of aliphatic hydroxyl groups is 1. The molecule has 4 heteroatoms. The number of hydrogen-bond donors (Lipinski definition) is 1. The smallest absolute Gasteiger partial charge is 0.338 e. The van der Waals surface area contributed by atoms with Gasteiger partial charge in [0.25, 0.3) is 0 Å². The first-order valence-corrected chi connectivity index (χ1v) is 11.1. The van der Waals surface area contributed by atoms with Gasteiger partial charge in [-0.1, -0.05) is 56.9 Å². The van der Waals surface area contributed by atoms with Crippen molar-refractivity contribution in [3.05, 3.63) is 47.5 Å². The van der Waals surface area contributed by atoms with E-state index in [1.165, 1.54) is 38.5 Å². The molecule has 0 bridgehead atoms. The van der Waals surface area contributed by atoms with E-state index in [2.05, 4.69) is 13.5 Å². The van der Waals surface area contributed by atoms with E-state index in [-0.39, 0.29) is 24.6 Å². The molecule has 1 aliphatic carbocycles. The summed E-state index contributed by atoms with van der Waals surface area (Å²) < 4.78 is 11.1. The van der Waals surface area contributed by atoms with Gasteiger partial charge in [-0.05, 0) is 55.7 Å². The van der Waals surface area contributed by atoms with Gasteiger partial charge < -0.3 is 14.6 Å². The zero-order valence-corrected chi connectivity index (χ0v) is 18.2. The molecule has 0 aliphatic heterocycles. The highest BCUT2D eigenvalue weighted by atomic mass is 16.5. The molecule has 29 heavy (non-hydrogen) atoms. The number of carbonyl (C=O) groups is 1. The molecule has 1 saturated carbocycles. The highest BCUT2D eigenvalue weighted by Gasteiger charge is 2.24. The summed E-state index contributed by atoms with van der Waals surface area (Å²) in [6.07, 6.45) is 10.3. The SMILES string of the molecule is C=C(CO)CC(COC)c1ccc(C(=O)OC2CCC(CCCCC)CC2)cc1. The molecule has 1 aromatic carbocycles. The summed E-state index contributed by atoms with van der Waals surface area (Å²) in [6, 6.07) is 7.57. The average molecular weight is 403 g/mol. The molecule has 1 unspecified atom stereocenters. The van der Waals surface area contributed by atoms with E-state index in [0.717, 1.165) is 29.9 Å². The van der Waals surface area contributed by atoms with Gasteiger partial charge in [0, 0.05) is 13.0 Å². The van der Waals surface area contributed by atoms with E-state index in [1.807, 2.05) is 24.3 Å². The van der Waals surface area contributed by atoms with Crippen LogP contribution in [0.2, 0.25) is 0 Å². The Labute approximate surface area is 176 Å². The molecule has 2 rings (SSSR count). The lowest BCUT2D eigenvalue weighted by Crippen LogP contribution is -2.24. The Bertz CT molecular complexity index is 614. The molecule has 1 aromatic rings. The minimum absolute atomic E-state index is 0.0223. The Hall–Kier alpha value is -1.65. The fourth-order valence-corrected chi connectivity index (χ4v) is 4.22. The molecule has 4 nitrogen and oxygen atoms in total. The minimum Gasteiger partial charge on any atom is -0.459 e.